The van der Waals surface area contributed by atoms with Crippen LogP contribution in [0.15, 0.2) is 53.6 Å². The van der Waals surface area contributed by atoms with E-state index >= 15 is 0 Å². The van der Waals surface area contributed by atoms with Crippen molar-refractivity contribution >= 4 is 12.1 Å². The Kier molecular flexibility index (Phi) is 5.21. The van der Waals surface area contributed by atoms with Gasteiger partial charge in [-0.05, 0) is 49.7 Å². The van der Waals surface area contributed by atoms with E-state index in [1.54, 1.807) is 12.1 Å². The summed E-state index contributed by atoms with van der Waals surface area (Å²) in [4.78, 5) is 12.3. The van der Waals surface area contributed by atoms with Gasteiger partial charge in [-0.15, -0.1) is 0 Å². The monoisotopic (exact) mass is 364 g/mol. The second-order valence-electron chi connectivity index (χ2n) is 6.23. The highest BCUT2D eigenvalue weighted by Crippen LogP contribution is 2.20. The van der Waals surface area contributed by atoms with E-state index in [0.29, 0.717) is 17.7 Å². The molecule has 2 aromatic carbocycles. The summed E-state index contributed by atoms with van der Waals surface area (Å²) in [7, 11) is 0. The van der Waals surface area contributed by atoms with Crippen LogP contribution in [0.25, 0.3) is 0 Å². The van der Waals surface area contributed by atoms with Crippen LogP contribution in [0.2, 0.25) is 0 Å². The van der Waals surface area contributed by atoms with Crippen LogP contribution in [0.3, 0.4) is 0 Å². The predicted octanol–water partition coefficient (Wildman–Crippen LogP) is 2.72. The number of nitrogens with one attached hydrogen (secondary N) is 1. The highest BCUT2D eigenvalue weighted by Gasteiger charge is 2.07. The number of aromatic nitrogens is 2. The van der Waals surface area contributed by atoms with Crippen LogP contribution in [-0.2, 0) is 6.54 Å². The van der Waals surface area contributed by atoms with Gasteiger partial charge in [-0.2, -0.15) is 10.2 Å². The molecule has 0 aliphatic heterocycles. The molecule has 1 aromatic heterocycles. The fraction of sp³-hybridized carbons (Fsp3) is 0.150. The maximum absolute atomic E-state index is 12.3. The molecule has 0 spiro atoms. The number of phenolic OH excluding ortho intramolecular Hbond substituents is 2. The van der Waals surface area contributed by atoms with Gasteiger partial charge in [0.05, 0.1) is 18.5 Å². The molecular formula is C20H20N4O3. The van der Waals surface area contributed by atoms with E-state index in [-0.39, 0.29) is 17.4 Å². The Morgan fingerprint density at radius 2 is 2.00 bits per heavy atom. The van der Waals surface area contributed by atoms with Crippen molar-refractivity contribution < 1.29 is 15.0 Å². The van der Waals surface area contributed by atoms with E-state index in [1.807, 2.05) is 36.7 Å². The summed E-state index contributed by atoms with van der Waals surface area (Å²) in [5.74, 6) is -0.535. The molecule has 0 saturated heterocycles. The summed E-state index contributed by atoms with van der Waals surface area (Å²) in [6.07, 6.45) is 1.31. The number of amides is 1. The molecule has 1 heterocycles. The van der Waals surface area contributed by atoms with Crippen molar-refractivity contribution in [3.8, 4) is 11.5 Å². The molecule has 0 aliphatic carbocycles. The molecule has 3 N–H and O–H groups in total. The largest absolute Gasteiger partial charge is 0.508 e. The first-order valence-corrected chi connectivity index (χ1v) is 8.38. The lowest BCUT2D eigenvalue weighted by molar-refractivity contribution is 0.0955. The third-order valence-corrected chi connectivity index (χ3v) is 4.01. The Morgan fingerprint density at radius 1 is 1.19 bits per heavy atom. The lowest BCUT2D eigenvalue weighted by Gasteiger charge is -2.07. The third-order valence-electron chi connectivity index (χ3n) is 4.01. The smallest absolute Gasteiger partial charge is 0.271 e. The summed E-state index contributed by atoms with van der Waals surface area (Å²) in [5, 5.41) is 27.3. The number of aromatic hydroxyl groups is 2. The van der Waals surface area contributed by atoms with Crippen molar-refractivity contribution in [1.82, 2.24) is 15.2 Å². The average Bonchev–Trinajstić information content (AvgIpc) is 2.94. The zero-order valence-corrected chi connectivity index (χ0v) is 15.0. The van der Waals surface area contributed by atoms with Crippen LogP contribution in [0.4, 0.5) is 0 Å². The number of hydrogen-bond donors (Lipinski definition) is 3. The van der Waals surface area contributed by atoms with E-state index in [1.165, 1.54) is 24.4 Å². The van der Waals surface area contributed by atoms with Crippen molar-refractivity contribution in [2.45, 2.75) is 20.4 Å². The summed E-state index contributed by atoms with van der Waals surface area (Å²) < 4.78 is 1.89. The molecule has 0 bridgehead atoms. The first-order valence-electron chi connectivity index (χ1n) is 8.38. The molecule has 3 aromatic rings. The van der Waals surface area contributed by atoms with Gasteiger partial charge in [0.2, 0.25) is 0 Å². The van der Waals surface area contributed by atoms with Gasteiger partial charge in [0, 0.05) is 22.9 Å². The van der Waals surface area contributed by atoms with Gasteiger partial charge in [-0.1, -0.05) is 12.1 Å². The number of hydrazone groups is 1. The van der Waals surface area contributed by atoms with Crippen LogP contribution in [0.1, 0.15) is 32.9 Å². The van der Waals surface area contributed by atoms with E-state index < -0.39 is 0 Å². The topological polar surface area (TPSA) is 99.7 Å². The molecule has 3 rings (SSSR count). The molecule has 27 heavy (non-hydrogen) atoms. The van der Waals surface area contributed by atoms with Gasteiger partial charge >= 0.3 is 0 Å². The maximum atomic E-state index is 12.3. The highest BCUT2D eigenvalue weighted by atomic mass is 16.3. The third kappa shape index (κ3) is 4.52. The lowest BCUT2D eigenvalue weighted by Crippen LogP contribution is -2.18. The Balaban J connectivity index is 1.68. The quantitative estimate of drug-likeness (QED) is 0.479. The van der Waals surface area contributed by atoms with Crippen LogP contribution in [0, 0.1) is 13.8 Å². The van der Waals surface area contributed by atoms with E-state index in [2.05, 4.69) is 15.6 Å². The van der Waals surface area contributed by atoms with Crippen molar-refractivity contribution in [2.75, 3.05) is 0 Å². The van der Waals surface area contributed by atoms with E-state index in [4.69, 9.17) is 0 Å². The average molecular weight is 364 g/mol. The van der Waals surface area contributed by atoms with Crippen molar-refractivity contribution in [1.29, 1.82) is 0 Å². The number of benzene rings is 2. The fourth-order valence-corrected chi connectivity index (χ4v) is 2.69. The van der Waals surface area contributed by atoms with Gasteiger partial charge in [0.15, 0.2) is 0 Å². The van der Waals surface area contributed by atoms with Gasteiger partial charge in [0.1, 0.15) is 11.5 Å². The zero-order valence-electron chi connectivity index (χ0n) is 15.0. The number of carbonyl (C=O) groups excluding carboxylic acids is 1. The van der Waals surface area contributed by atoms with E-state index in [0.717, 1.165) is 17.0 Å². The Morgan fingerprint density at radius 3 is 2.70 bits per heavy atom. The van der Waals surface area contributed by atoms with E-state index in [9.17, 15) is 15.0 Å². The zero-order chi connectivity index (χ0) is 19.4. The second-order valence-corrected chi connectivity index (χ2v) is 6.23. The number of rotatable bonds is 5. The molecule has 138 valence electrons. The minimum Gasteiger partial charge on any atom is -0.508 e. The molecule has 0 radical (unpaired) electrons. The van der Waals surface area contributed by atoms with Gasteiger partial charge in [-0.3, -0.25) is 9.48 Å². The number of hydrogen-bond acceptors (Lipinski definition) is 5. The Labute approximate surface area is 156 Å². The van der Waals surface area contributed by atoms with Crippen molar-refractivity contribution in [3.63, 3.8) is 0 Å². The highest BCUT2D eigenvalue weighted by molar-refractivity contribution is 5.95. The lowest BCUT2D eigenvalue weighted by atomic mass is 10.1. The molecule has 1 amide bonds. The number of nitrogens with zero attached hydrogens (tertiary/aromatic N) is 3. The molecule has 0 fully saturated rings. The van der Waals surface area contributed by atoms with Gasteiger partial charge < -0.3 is 10.2 Å². The summed E-state index contributed by atoms with van der Waals surface area (Å²) in [5.41, 5.74) is 6.25. The Hall–Kier alpha value is -3.61. The minimum atomic E-state index is -0.361. The van der Waals surface area contributed by atoms with Crippen LogP contribution < -0.4 is 5.43 Å². The molecule has 0 unspecified atom stereocenters. The first-order chi connectivity index (χ1) is 12.9. The molecule has 0 aliphatic rings. The van der Waals surface area contributed by atoms with Crippen molar-refractivity contribution in [2.24, 2.45) is 5.10 Å². The molecule has 0 saturated carbocycles. The number of phenols is 2. The van der Waals surface area contributed by atoms with Crippen LogP contribution in [0.5, 0.6) is 11.5 Å². The number of aryl methyl sites for hydroxylation is 2. The summed E-state index contributed by atoms with van der Waals surface area (Å²) in [6, 6.07) is 13.4. The predicted molar refractivity (Wildman–Crippen MR) is 102 cm³/mol. The Bertz CT molecular complexity index is 1010. The first kappa shape index (κ1) is 18.2. The molecular weight excluding hydrogens is 344 g/mol. The minimum absolute atomic E-state index is 0.0480. The fourth-order valence-electron chi connectivity index (χ4n) is 2.69. The number of carbonyl (C=O) groups is 1. The van der Waals surface area contributed by atoms with Gasteiger partial charge in [0.25, 0.3) is 5.91 Å². The SMILES string of the molecule is Cc1cc(C)n(Cc2cccc(C(=O)NN=Cc3ccc(O)cc3O)c2)n1. The second kappa shape index (κ2) is 7.74. The maximum Gasteiger partial charge on any atom is 0.271 e. The molecule has 0 atom stereocenters. The normalized spacial score (nSPS) is 11.0. The summed E-state index contributed by atoms with van der Waals surface area (Å²) in [6.45, 7) is 4.51. The molecule has 7 heteroatoms. The van der Waals surface area contributed by atoms with Crippen LogP contribution in [-0.4, -0.2) is 32.1 Å². The standard InChI is InChI=1S/C20H20N4O3/c1-13-8-14(2)24(23-13)12-15-4-3-5-16(9-15)20(27)22-21-11-17-6-7-18(25)10-19(17)26/h3-11,25-26H,12H2,1-2H3,(H,22,27). The van der Waals surface area contributed by atoms with Crippen molar-refractivity contribution in [3.05, 3.63) is 76.6 Å². The molecule has 7 nitrogen and oxygen atoms in total. The summed E-state index contributed by atoms with van der Waals surface area (Å²) >= 11 is 0. The van der Waals surface area contributed by atoms with Crippen LogP contribution >= 0.6 is 0 Å². The van der Waals surface area contributed by atoms with Gasteiger partial charge in [-0.25, -0.2) is 5.43 Å².